The van der Waals surface area contributed by atoms with E-state index >= 15 is 0 Å². The Hall–Kier alpha value is -4.41. The lowest BCUT2D eigenvalue weighted by Gasteiger charge is -2.50. The third-order valence-corrected chi connectivity index (χ3v) is 33.7. The molecule has 770 valence electrons. The predicted octanol–water partition coefficient (Wildman–Crippen LogP) is 1.57. The van der Waals surface area contributed by atoms with Crippen LogP contribution < -0.4 is 40.1 Å². The SMILES string of the molecule is NCc1cccc(CSC[C@H]2O[C@@H]3O[C@H]4[C@H](O)[C@@H](O)[C@@H](O[C@H]5[C@H](O)[C@@H](O)[C@@H](O[C@H]6[C@H](O)[C@@H](O)[C@@H](O[C@H]7[C@H](O)[C@@H](O)[C@@H](O[C@H]8[C@H](O)[C@@H](O)[C@@H](O[C@H]9[C@H](O)[C@@H](O)[C@@H](O[C@H]2[C@H](O)[C@H]3O)O[C@@H]9CSCc2cccc(CN)c2)O[C@@H]8CSCc2cccc(CN)c2)O[C@@H]7CSCc2cccc(CN)c2)O[C@@H]6CSCc2cccc(CN)c2)O[C@@H]5CSCc2cccc(CN)c2)O[C@@H]4CSCc2cccc(CN)c2)c1. The van der Waals surface area contributed by atoms with E-state index < -0.39 is 215 Å². The molecule has 140 heavy (non-hydrogen) atoms. The van der Waals surface area contributed by atoms with Crippen LogP contribution in [0.3, 0.4) is 0 Å². The smallest absolute Gasteiger partial charge is 0.187 e. The maximum absolute atomic E-state index is 12.9. The van der Waals surface area contributed by atoms with Crippen LogP contribution in [0.1, 0.15) is 77.9 Å². The fourth-order valence-electron chi connectivity index (χ4n) is 18.3. The van der Waals surface area contributed by atoms with Gasteiger partial charge in [-0.3, -0.25) is 0 Å². The van der Waals surface area contributed by atoms with Crippen LogP contribution in [0.15, 0.2) is 170 Å². The summed E-state index contributed by atoms with van der Waals surface area (Å²) in [6, 6.07) is 52.9. The van der Waals surface area contributed by atoms with Gasteiger partial charge in [-0.25, -0.2) is 0 Å². The number of rotatable bonds is 35. The van der Waals surface area contributed by atoms with Crippen molar-refractivity contribution in [1.82, 2.24) is 0 Å². The Morgan fingerprint density at radius 3 is 0.393 bits per heavy atom. The van der Waals surface area contributed by atoms with Gasteiger partial charge in [0.05, 0.1) is 42.7 Å². The fourth-order valence-corrected chi connectivity index (χ4v) is 25.5. The average Bonchev–Trinajstić information content (AvgIpc) is 0.790. The summed E-state index contributed by atoms with van der Waals surface area (Å²) >= 11 is 9.27. The van der Waals surface area contributed by atoms with Crippen LogP contribution in [-0.2, 0) is 152 Å². The number of aliphatic hydroxyl groups is 14. The minimum atomic E-state index is -2.09. The molecule has 0 aromatic heterocycles. The van der Waals surface area contributed by atoms with Crippen molar-refractivity contribution < 1.29 is 138 Å². The Balaban J connectivity index is 0.810. The summed E-state index contributed by atoms with van der Waals surface area (Å²) in [5, 5.41) is 179. The van der Waals surface area contributed by atoms with Crippen molar-refractivity contribution in [2.75, 3.05) is 40.3 Å². The van der Waals surface area contributed by atoms with Gasteiger partial charge in [-0.15, -0.1) is 0 Å². The summed E-state index contributed by atoms with van der Waals surface area (Å²) in [4.78, 5) is 0. The van der Waals surface area contributed by atoms with E-state index in [1.165, 1.54) is 82.3 Å². The highest BCUT2D eigenvalue weighted by Crippen LogP contribution is 2.44. The molecule has 0 radical (unpaired) electrons. The third kappa shape index (κ3) is 28.0. The Morgan fingerprint density at radius 1 is 0.164 bits per heavy atom. The lowest BCUT2D eigenvalue weighted by molar-refractivity contribution is -0.389. The van der Waals surface area contributed by atoms with Gasteiger partial charge in [0.2, 0.25) is 0 Å². The Labute approximate surface area is 843 Å². The van der Waals surface area contributed by atoms with Crippen LogP contribution in [-0.4, -0.2) is 327 Å². The van der Waals surface area contributed by atoms with Gasteiger partial charge in [0.25, 0.3) is 0 Å². The number of nitrogens with two attached hydrogens (primary N) is 7. The van der Waals surface area contributed by atoms with Crippen LogP contribution in [0.2, 0.25) is 0 Å². The van der Waals surface area contributed by atoms with E-state index in [4.69, 9.17) is 106 Å². The summed E-state index contributed by atoms with van der Waals surface area (Å²) in [5.74, 6) is 1.96. The first-order valence-electron chi connectivity index (χ1n) is 47.0. The van der Waals surface area contributed by atoms with Crippen molar-refractivity contribution in [3.63, 3.8) is 0 Å². The number of hydrogen-bond acceptors (Lipinski definition) is 42. The van der Waals surface area contributed by atoms with Gasteiger partial charge in [-0.2, -0.15) is 82.3 Å². The highest BCUT2D eigenvalue weighted by molar-refractivity contribution is 7.99. The highest BCUT2D eigenvalue weighted by Gasteiger charge is 2.60. The summed E-state index contributed by atoms with van der Waals surface area (Å²) in [7, 11) is 0. The molecule has 28 rings (SSSR count). The van der Waals surface area contributed by atoms with Crippen LogP contribution in [0.5, 0.6) is 0 Å². The van der Waals surface area contributed by atoms with Crippen LogP contribution >= 0.6 is 82.3 Å². The topological polar surface area (TPSA) is 595 Å². The average molecular weight is 2080 g/mol. The molecule has 0 saturated carbocycles. The van der Waals surface area contributed by atoms with Crippen LogP contribution in [0.25, 0.3) is 0 Å². The lowest BCUT2D eigenvalue weighted by Crippen LogP contribution is -2.68. The second kappa shape index (κ2) is 53.1. The van der Waals surface area contributed by atoms with Gasteiger partial charge in [0, 0.05) is 126 Å². The minimum Gasteiger partial charge on any atom is -0.387 e. The molecule has 0 amide bonds. The molecule has 35 nitrogen and oxygen atoms in total. The zero-order valence-electron chi connectivity index (χ0n) is 77.1. The maximum atomic E-state index is 12.9. The lowest BCUT2D eigenvalue weighted by atomic mass is 9.95. The molecule has 21 aliphatic rings. The van der Waals surface area contributed by atoms with E-state index in [-0.39, 0.29) is 86.1 Å². The normalized spacial score (nSPS) is 35.6. The molecule has 35 atom stereocenters. The third-order valence-electron chi connectivity index (χ3n) is 26.0. The predicted molar refractivity (Wildman–Crippen MR) is 532 cm³/mol. The van der Waals surface area contributed by atoms with E-state index in [0.717, 1.165) is 77.9 Å². The molecule has 7 aromatic rings. The number of hydrogen-bond donors (Lipinski definition) is 21. The molecule has 21 saturated heterocycles. The van der Waals surface area contributed by atoms with Gasteiger partial charge in [-0.05, 0) is 77.9 Å². The molecule has 21 aliphatic heterocycles. The number of ether oxygens (including phenoxy) is 14. The van der Waals surface area contributed by atoms with E-state index in [1.807, 2.05) is 170 Å². The quantitative estimate of drug-likeness (QED) is 0.0268. The molecule has 0 spiro atoms. The molecular weight excluding hydrogens is 1950 g/mol. The standard InChI is InChI=1S/C98H133N7O28S7/c99-29-50-8-1-15-57(22-50)36-134-43-64-85-71(106)78(113)92(120-64)128-86-65(44-135-37-58-16-2-9-51(23-58)30-100)122-94(80(115)73(86)108)130-88-67(46-137-39-60-18-4-11-53(25-60)32-102)124-96(82(117)75(88)110)132-90-69(48-139-41-62-20-6-13-55(27-62)34-104)126-98(84(119)77(90)112)133-91-70(49-140-42-63-21-7-14-56(28-63)35-105)125-97(83(118)76(91)111)131-89-68(47-138-40-61-19-5-12-54(26-61)33-103)123-95(81(116)74(89)109)129-87-66(121-93(127-85)79(114)72(87)107)45-136-38-59-17-3-10-52(24-59)31-101/h1-28,64-98,106-119H,29-49,99-105H2/t64-,65-,66-,67-,68-,69-,70-,71-,72-,73-,74-,75-,76-,77-,78-,79-,80-,81-,82-,83-,84-,85-,86-,87-,88-,89-,90-,91-,92-,93-,94-,95-,96-,97-,98-/m1/s1. The summed E-state index contributed by atoms with van der Waals surface area (Å²) in [6.45, 7) is 1.71. The van der Waals surface area contributed by atoms with Crippen molar-refractivity contribution in [3.8, 4) is 0 Å². The van der Waals surface area contributed by atoms with E-state index in [9.17, 15) is 71.5 Å². The molecule has 0 aliphatic carbocycles. The molecule has 7 aromatic carbocycles. The van der Waals surface area contributed by atoms with Crippen LogP contribution in [0, 0.1) is 0 Å². The Morgan fingerprint density at radius 2 is 0.279 bits per heavy atom. The summed E-state index contributed by atoms with van der Waals surface area (Å²) < 4.78 is 94.6. The van der Waals surface area contributed by atoms with Crippen LogP contribution in [0.4, 0.5) is 0 Å². The molecule has 14 bridgehead atoms. The molecule has 42 heteroatoms. The monoisotopic (exact) mass is 2080 g/mol. The van der Waals surface area contributed by atoms with Crippen molar-refractivity contribution in [2.24, 2.45) is 40.1 Å². The first-order chi connectivity index (χ1) is 67.8. The fraction of sp³-hybridized carbons (Fsp3) is 0.571. The molecular formula is C98H133N7O28S7. The maximum Gasteiger partial charge on any atom is 0.187 e. The van der Waals surface area contributed by atoms with Crippen molar-refractivity contribution in [1.29, 1.82) is 0 Å². The summed E-state index contributed by atoms with van der Waals surface area (Å²) in [5.41, 5.74) is 54.7. The first kappa shape index (κ1) is 110. The van der Waals surface area contributed by atoms with Gasteiger partial charge < -0.3 is 178 Å². The van der Waals surface area contributed by atoms with E-state index in [2.05, 4.69) is 0 Å². The molecule has 28 N–H and O–H groups in total. The Kier molecular flexibility index (Phi) is 41.7. The zero-order valence-corrected chi connectivity index (χ0v) is 82.8. The van der Waals surface area contributed by atoms with Gasteiger partial charge >= 0.3 is 0 Å². The molecule has 21 heterocycles. The zero-order chi connectivity index (χ0) is 98.8. The second-order valence-electron chi connectivity index (χ2n) is 36.1. The van der Waals surface area contributed by atoms with Crippen molar-refractivity contribution in [3.05, 3.63) is 248 Å². The number of thioether (sulfide) groups is 7. The summed E-state index contributed by atoms with van der Waals surface area (Å²) in [6.07, 6.45) is -62.9. The van der Waals surface area contributed by atoms with Gasteiger partial charge in [0.1, 0.15) is 128 Å². The molecule has 21 fully saturated rings. The van der Waals surface area contributed by atoms with Gasteiger partial charge in [0.15, 0.2) is 44.0 Å². The number of aliphatic hydroxyl groups excluding tert-OH is 14. The minimum absolute atomic E-state index is 0.0514. The second-order valence-corrected chi connectivity index (χ2v) is 43.4. The number of benzene rings is 7. The van der Waals surface area contributed by atoms with Gasteiger partial charge in [-0.1, -0.05) is 170 Å². The first-order valence-corrected chi connectivity index (χ1v) is 55.1. The molecule has 0 unspecified atom stereocenters. The largest absolute Gasteiger partial charge is 0.387 e. The van der Waals surface area contributed by atoms with Crippen molar-refractivity contribution in [2.45, 2.75) is 301 Å². The van der Waals surface area contributed by atoms with E-state index in [0.29, 0.717) is 40.3 Å². The Bertz CT molecular complexity index is 4150. The van der Waals surface area contributed by atoms with E-state index in [1.54, 1.807) is 0 Å². The highest BCUT2D eigenvalue weighted by atomic mass is 32.2. The van der Waals surface area contributed by atoms with Crippen molar-refractivity contribution >= 4 is 82.3 Å².